The Morgan fingerprint density at radius 1 is 0.633 bits per heavy atom. The molecule has 6 rings (SSSR count). The lowest BCUT2D eigenvalue weighted by Gasteiger charge is -1.99. The van der Waals surface area contributed by atoms with E-state index < -0.39 is 0 Å². The summed E-state index contributed by atoms with van der Waals surface area (Å²) in [7, 11) is 0. The standard InChI is InChI=1S/2C10H7FN4/c1-6-13-14-10-9-3-2-8(11)4-7(9)5-12-15(6)10;1-6-13-14-10-9-4-8(11)3-2-7(9)5-12-15(6)10/h2*2-5H,1H3. The number of halogens is 2. The lowest BCUT2D eigenvalue weighted by molar-refractivity contribution is 0.629. The molecule has 4 heterocycles. The first-order valence-electron chi connectivity index (χ1n) is 9.04. The molecule has 0 atom stereocenters. The Hall–Kier alpha value is -4.08. The van der Waals surface area contributed by atoms with Gasteiger partial charge < -0.3 is 0 Å². The zero-order chi connectivity index (χ0) is 20.8. The van der Waals surface area contributed by atoms with Gasteiger partial charge in [-0.1, -0.05) is 0 Å². The summed E-state index contributed by atoms with van der Waals surface area (Å²) in [5.74, 6) is 0.855. The fraction of sp³-hybridized carbons (Fsp3) is 0.100. The summed E-state index contributed by atoms with van der Waals surface area (Å²) in [6.07, 6.45) is 3.29. The molecule has 0 spiro atoms. The first kappa shape index (κ1) is 18.0. The Morgan fingerprint density at radius 3 is 1.90 bits per heavy atom. The van der Waals surface area contributed by atoms with Crippen LogP contribution in [0.5, 0.6) is 0 Å². The van der Waals surface area contributed by atoms with Crippen molar-refractivity contribution >= 4 is 32.8 Å². The van der Waals surface area contributed by atoms with Gasteiger partial charge in [0.05, 0.1) is 12.4 Å². The number of rotatable bonds is 0. The largest absolute Gasteiger partial charge is 0.207 e. The van der Waals surface area contributed by atoms with Crippen molar-refractivity contribution < 1.29 is 8.78 Å². The smallest absolute Gasteiger partial charge is 0.185 e. The van der Waals surface area contributed by atoms with Crippen molar-refractivity contribution in [2.24, 2.45) is 0 Å². The van der Waals surface area contributed by atoms with E-state index in [1.807, 2.05) is 6.92 Å². The van der Waals surface area contributed by atoms with Gasteiger partial charge in [-0.25, -0.2) is 8.78 Å². The van der Waals surface area contributed by atoms with Crippen LogP contribution in [-0.2, 0) is 0 Å². The minimum Gasteiger partial charge on any atom is -0.207 e. The molecule has 0 fully saturated rings. The fourth-order valence-corrected chi connectivity index (χ4v) is 3.25. The molecule has 0 unspecified atom stereocenters. The van der Waals surface area contributed by atoms with Crippen molar-refractivity contribution in [1.82, 2.24) is 39.6 Å². The Kier molecular flexibility index (Phi) is 4.05. The maximum Gasteiger partial charge on any atom is 0.185 e. The van der Waals surface area contributed by atoms with Crippen LogP contribution in [0.3, 0.4) is 0 Å². The number of aryl methyl sites for hydroxylation is 2. The molecule has 0 aliphatic rings. The van der Waals surface area contributed by atoms with Gasteiger partial charge in [-0.3, -0.25) is 0 Å². The SMILES string of the molecule is Cc1nnc2c3cc(F)ccc3cnn12.Cc1nnc2c3ccc(F)cc3cnn12. The monoisotopic (exact) mass is 404 g/mol. The normalized spacial score (nSPS) is 11.3. The third kappa shape index (κ3) is 2.89. The summed E-state index contributed by atoms with van der Waals surface area (Å²) in [6, 6.07) is 9.07. The van der Waals surface area contributed by atoms with Crippen LogP contribution in [0.1, 0.15) is 11.6 Å². The van der Waals surface area contributed by atoms with Crippen molar-refractivity contribution in [2.75, 3.05) is 0 Å². The number of aromatic nitrogens is 8. The first-order valence-corrected chi connectivity index (χ1v) is 9.04. The third-order valence-electron chi connectivity index (χ3n) is 4.73. The lowest BCUT2D eigenvalue weighted by atomic mass is 10.2. The maximum atomic E-state index is 13.1. The first-order chi connectivity index (χ1) is 14.5. The molecule has 0 aliphatic heterocycles. The molecule has 0 saturated heterocycles. The van der Waals surface area contributed by atoms with Crippen LogP contribution in [0.2, 0.25) is 0 Å². The maximum absolute atomic E-state index is 13.1. The van der Waals surface area contributed by atoms with E-state index in [1.165, 1.54) is 24.3 Å². The number of fused-ring (bicyclic) bond motifs is 6. The van der Waals surface area contributed by atoms with E-state index in [1.54, 1.807) is 40.5 Å². The van der Waals surface area contributed by atoms with Crippen LogP contribution in [0.4, 0.5) is 8.78 Å². The number of hydrogen-bond acceptors (Lipinski definition) is 6. The highest BCUT2D eigenvalue weighted by atomic mass is 19.1. The molecule has 0 bridgehead atoms. The van der Waals surface area contributed by atoms with Crippen LogP contribution in [0.25, 0.3) is 32.8 Å². The van der Waals surface area contributed by atoms with Crippen molar-refractivity contribution in [3.05, 3.63) is 72.1 Å². The average Bonchev–Trinajstić information content (AvgIpc) is 3.31. The molecule has 30 heavy (non-hydrogen) atoms. The number of nitrogens with zero attached hydrogens (tertiary/aromatic N) is 8. The summed E-state index contributed by atoms with van der Waals surface area (Å²) in [5.41, 5.74) is 1.24. The topological polar surface area (TPSA) is 86.2 Å². The predicted octanol–water partition coefficient (Wildman–Crippen LogP) is 3.45. The van der Waals surface area contributed by atoms with Crippen LogP contribution in [0.15, 0.2) is 48.8 Å². The zero-order valence-corrected chi connectivity index (χ0v) is 16.0. The van der Waals surface area contributed by atoms with E-state index in [0.29, 0.717) is 17.1 Å². The summed E-state index contributed by atoms with van der Waals surface area (Å²) in [5, 5.41) is 27.3. The average molecular weight is 404 g/mol. The highest BCUT2D eigenvalue weighted by Gasteiger charge is 2.08. The molecule has 148 valence electrons. The molecule has 0 N–H and O–H groups in total. The molecule has 0 aliphatic carbocycles. The van der Waals surface area contributed by atoms with Gasteiger partial charge in [0.15, 0.2) is 22.9 Å². The zero-order valence-electron chi connectivity index (χ0n) is 16.0. The van der Waals surface area contributed by atoms with Crippen molar-refractivity contribution in [1.29, 1.82) is 0 Å². The van der Waals surface area contributed by atoms with Crippen LogP contribution in [-0.4, -0.2) is 39.6 Å². The van der Waals surface area contributed by atoms with Gasteiger partial charge in [-0.05, 0) is 50.2 Å². The summed E-state index contributed by atoms with van der Waals surface area (Å²) in [6.45, 7) is 3.63. The second-order valence-electron chi connectivity index (χ2n) is 6.72. The molecule has 2 aromatic carbocycles. The Balaban J connectivity index is 0.000000128. The van der Waals surface area contributed by atoms with Gasteiger partial charge in [0.25, 0.3) is 0 Å². The van der Waals surface area contributed by atoms with Crippen molar-refractivity contribution in [2.45, 2.75) is 13.8 Å². The second kappa shape index (κ2) is 6.76. The Morgan fingerprint density at radius 2 is 1.20 bits per heavy atom. The molecule has 4 aromatic heterocycles. The molecular weight excluding hydrogens is 390 g/mol. The molecule has 0 saturated carbocycles. The molecule has 6 aromatic rings. The van der Waals surface area contributed by atoms with Gasteiger partial charge >= 0.3 is 0 Å². The van der Waals surface area contributed by atoms with Gasteiger partial charge in [0, 0.05) is 21.5 Å². The second-order valence-corrected chi connectivity index (χ2v) is 6.72. The van der Waals surface area contributed by atoms with E-state index >= 15 is 0 Å². The van der Waals surface area contributed by atoms with Crippen LogP contribution >= 0.6 is 0 Å². The van der Waals surface area contributed by atoms with Gasteiger partial charge in [-0.15, -0.1) is 20.4 Å². The highest BCUT2D eigenvalue weighted by Crippen LogP contribution is 2.19. The lowest BCUT2D eigenvalue weighted by Crippen LogP contribution is -1.94. The molecular formula is C20H14F2N8. The minimum atomic E-state index is -0.281. The van der Waals surface area contributed by atoms with Gasteiger partial charge in [0.2, 0.25) is 0 Å². The van der Waals surface area contributed by atoms with E-state index in [-0.39, 0.29) is 11.6 Å². The number of hydrogen-bond donors (Lipinski definition) is 0. The number of benzene rings is 2. The van der Waals surface area contributed by atoms with Crippen molar-refractivity contribution in [3.63, 3.8) is 0 Å². The van der Waals surface area contributed by atoms with Gasteiger partial charge in [-0.2, -0.15) is 19.2 Å². The van der Waals surface area contributed by atoms with Crippen LogP contribution in [0, 0.1) is 25.5 Å². The molecule has 8 nitrogen and oxygen atoms in total. The van der Waals surface area contributed by atoms with Crippen molar-refractivity contribution in [3.8, 4) is 0 Å². The molecule has 0 radical (unpaired) electrons. The van der Waals surface area contributed by atoms with Gasteiger partial charge in [0.1, 0.15) is 11.6 Å². The van der Waals surface area contributed by atoms with Crippen LogP contribution < -0.4 is 0 Å². The van der Waals surface area contributed by atoms with E-state index in [2.05, 4.69) is 30.6 Å². The summed E-state index contributed by atoms with van der Waals surface area (Å²) in [4.78, 5) is 0. The molecule has 0 amide bonds. The van der Waals surface area contributed by atoms with E-state index in [4.69, 9.17) is 0 Å². The Bertz CT molecular complexity index is 1550. The predicted molar refractivity (Wildman–Crippen MR) is 106 cm³/mol. The highest BCUT2D eigenvalue weighted by molar-refractivity contribution is 5.93. The molecule has 10 heteroatoms. The third-order valence-corrected chi connectivity index (χ3v) is 4.73. The summed E-state index contributed by atoms with van der Waals surface area (Å²) >= 11 is 0. The minimum absolute atomic E-state index is 0.273. The van der Waals surface area contributed by atoms with E-state index in [0.717, 1.165) is 27.4 Å². The Labute approximate surface area is 167 Å². The fourth-order valence-electron chi connectivity index (χ4n) is 3.25. The quantitative estimate of drug-likeness (QED) is 0.385. The summed E-state index contributed by atoms with van der Waals surface area (Å²) < 4.78 is 29.3. The van der Waals surface area contributed by atoms with E-state index in [9.17, 15) is 8.78 Å².